The quantitative estimate of drug-likeness (QED) is 0.0711. The highest BCUT2D eigenvalue weighted by atomic mass is 32.2. The maximum Gasteiger partial charge on any atom is 0.573 e. The van der Waals surface area contributed by atoms with Crippen molar-refractivity contribution in [3.63, 3.8) is 0 Å². The van der Waals surface area contributed by atoms with Gasteiger partial charge in [-0.2, -0.15) is 0 Å². The number of carbonyl (C=O) groups is 2. The molecule has 15 heteroatoms. The van der Waals surface area contributed by atoms with Gasteiger partial charge in [0.05, 0.1) is 24.2 Å². The van der Waals surface area contributed by atoms with Crippen LogP contribution in [-0.4, -0.2) is 51.9 Å². The lowest BCUT2D eigenvalue weighted by Gasteiger charge is -2.31. The zero-order valence-electron chi connectivity index (χ0n) is 27.4. The number of benzene rings is 2. The van der Waals surface area contributed by atoms with Crippen molar-refractivity contribution < 1.29 is 37.0 Å². The van der Waals surface area contributed by atoms with E-state index in [-0.39, 0.29) is 18.3 Å². The molecule has 0 aliphatic heterocycles. The van der Waals surface area contributed by atoms with E-state index in [1.165, 1.54) is 65.3 Å². The summed E-state index contributed by atoms with van der Waals surface area (Å²) in [6.07, 6.45) is 3.57. The summed E-state index contributed by atoms with van der Waals surface area (Å²) in [4.78, 5) is 31.2. The Balaban J connectivity index is 1.64. The van der Waals surface area contributed by atoms with E-state index in [1.807, 2.05) is 45.9 Å². The van der Waals surface area contributed by atoms with E-state index in [2.05, 4.69) is 25.5 Å². The maximum atomic E-state index is 13.1. The van der Waals surface area contributed by atoms with Crippen LogP contribution in [0.1, 0.15) is 50.6 Å². The zero-order chi connectivity index (χ0) is 35.3. The lowest BCUT2D eigenvalue weighted by Crippen LogP contribution is -2.49. The molecule has 2 aromatic carbocycles. The number of anilines is 1. The second-order valence-electron chi connectivity index (χ2n) is 10.4. The lowest BCUT2D eigenvalue weighted by molar-refractivity contribution is -0.274. The van der Waals surface area contributed by atoms with Crippen LogP contribution in [0.15, 0.2) is 84.7 Å². The highest BCUT2D eigenvalue weighted by Crippen LogP contribution is 2.31. The Morgan fingerprint density at radius 1 is 1.15 bits per heavy atom. The molecule has 0 saturated carbocycles. The van der Waals surface area contributed by atoms with Crippen LogP contribution < -0.4 is 20.3 Å². The van der Waals surface area contributed by atoms with Gasteiger partial charge in [-0.05, 0) is 85.2 Å². The monoisotopic (exact) mass is 688 g/mol. The highest BCUT2D eigenvalue weighted by Gasteiger charge is 2.31. The minimum Gasteiger partial charge on any atom is -0.502 e. The van der Waals surface area contributed by atoms with Crippen LogP contribution in [0.3, 0.4) is 0 Å². The Labute approximate surface area is 281 Å². The van der Waals surface area contributed by atoms with E-state index in [0.717, 1.165) is 23.2 Å². The molecule has 0 aliphatic rings. The van der Waals surface area contributed by atoms with Gasteiger partial charge in [-0.1, -0.05) is 32.9 Å². The minimum absolute atomic E-state index is 0.0156. The van der Waals surface area contributed by atoms with E-state index in [1.54, 1.807) is 25.2 Å². The first-order valence-corrected chi connectivity index (χ1v) is 15.9. The van der Waals surface area contributed by atoms with Gasteiger partial charge in [0.15, 0.2) is 11.3 Å². The van der Waals surface area contributed by atoms with Gasteiger partial charge < -0.3 is 24.8 Å². The first-order valence-electron chi connectivity index (χ1n) is 14.9. The largest absolute Gasteiger partial charge is 0.573 e. The van der Waals surface area contributed by atoms with E-state index in [4.69, 9.17) is 9.47 Å². The third-order valence-electron chi connectivity index (χ3n) is 6.49. The Morgan fingerprint density at radius 3 is 2.48 bits per heavy atom. The molecule has 1 heterocycles. The van der Waals surface area contributed by atoms with Gasteiger partial charge in [-0.15, -0.1) is 30.0 Å². The van der Waals surface area contributed by atoms with Crippen molar-refractivity contribution in [3.8, 4) is 11.4 Å². The first-order chi connectivity index (χ1) is 22.9. The number of nitrogens with one attached hydrogen (secondary N) is 2. The molecule has 48 heavy (non-hydrogen) atoms. The summed E-state index contributed by atoms with van der Waals surface area (Å²) in [6.45, 7) is 9.71. The molecule has 0 fully saturated rings. The number of hydrogen-bond donors (Lipinski definition) is 2. The summed E-state index contributed by atoms with van der Waals surface area (Å²) >= 11 is 1.39. The summed E-state index contributed by atoms with van der Waals surface area (Å²) in [5, 5.41) is 9.91. The number of carbonyl (C=O) groups excluding carboxylic acids is 2. The molecular weight excluding hydrogens is 649 g/mol. The fraction of sp³-hybridized carbons (Fsp3) is 0.333. The molecule has 0 saturated heterocycles. The summed E-state index contributed by atoms with van der Waals surface area (Å²) < 4.78 is 53.5. The van der Waals surface area contributed by atoms with Crippen LogP contribution in [0.4, 0.5) is 23.7 Å². The number of thioether (sulfide) groups is 1. The molecule has 11 nitrogen and oxygen atoms in total. The van der Waals surface area contributed by atoms with Gasteiger partial charge in [0.1, 0.15) is 30.7 Å². The number of halogens is 3. The fourth-order valence-electron chi connectivity index (χ4n) is 4.31. The number of methoxy groups -OCH3 is 1. The number of urea groups is 1. The minimum atomic E-state index is -4.78. The smallest absolute Gasteiger partial charge is 0.502 e. The highest BCUT2D eigenvalue weighted by molar-refractivity contribution is 7.99. The van der Waals surface area contributed by atoms with Crippen molar-refractivity contribution in [2.24, 2.45) is 0 Å². The molecular formula is C33H39F3N6O5S. The Bertz CT molecular complexity index is 1610. The number of rotatable bonds is 16. The first kappa shape index (κ1) is 37.5. The van der Waals surface area contributed by atoms with Crippen molar-refractivity contribution in [2.45, 2.75) is 59.0 Å². The Morgan fingerprint density at radius 2 is 1.88 bits per heavy atom. The number of aromatic nitrogens is 3. The molecule has 2 N–H and O–H groups in total. The predicted octanol–water partition coefficient (Wildman–Crippen LogP) is 7.06. The molecule has 0 spiro atoms. The number of hydrogen-bond acceptors (Lipinski definition) is 8. The molecule has 1 unspecified atom stereocenters. The molecule has 3 rings (SSSR count). The molecule has 3 aromatic rings. The van der Waals surface area contributed by atoms with Gasteiger partial charge in [-0.3, -0.25) is 9.69 Å². The second-order valence-corrected chi connectivity index (χ2v) is 11.8. The fourth-order valence-corrected chi connectivity index (χ4v) is 5.14. The van der Waals surface area contributed by atoms with Crippen LogP contribution in [0, 0.1) is 6.92 Å². The van der Waals surface area contributed by atoms with Crippen LogP contribution in [0.2, 0.25) is 0 Å². The van der Waals surface area contributed by atoms with Crippen LogP contribution in [-0.2, 0) is 20.9 Å². The molecule has 258 valence electrons. The van der Waals surface area contributed by atoms with Gasteiger partial charge in [0.25, 0.3) is 0 Å². The third-order valence-corrected chi connectivity index (χ3v) is 7.48. The average Bonchev–Trinajstić information content (AvgIpc) is 3.50. The van der Waals surface area contributed by atoms with Crippen molar-refractivity contribution in [1.82, 2.24) is 25.4 Å². The number of aryl methyl sites for hydroxylation is 1. The van der Waals surface area contributed by atoms with E-state index in [9.17, 15) is 22.8 Å². The van der Waals surface area contributed by atoms with E-state index >= 15 is 0 Å². The number of amides is 3. The summed E-state index contributed by atoms with van der Waals surface area (Å²) in [7, 11) is 1.44. The molecule has 3 amide bonds. The normalized spacial score (nSPS) is 13.0. The number of nitrogens with zero attached hydrogens (tertiary/aromatic N) is 4. The summed E-state index contributed by atoms with van der Waals surface area (Å²) in [5.74, 6) is 1.19. The average molecular weight is 689 g/mol. The standard InChI is InChI=1S/C33H39F3N6O5S/c1-7-26(46-19-30-37-20-42(40-30)25-11-14-27(15-12-25)47-33(34,35)36)13-10-24(18-45-6)38-31(44)39-32(48-8-2)41(21-43)29-17-23(5)9-16-28(29)22(3)4/h7,9-18,20-22,32H,8,19H2,1-6H3,(H2,38,39,44)/b13-10-,24-18-,26-7+. The SMILES string of the molecule is C\C=C(/C=C\C(=C\OC)NC(=O)NC(SCC)N(C=O)c1cc(C)ccc1C(C)C)OCc1ncn(-c2ccc(OC(F)(F)F)cc2)n1. The van der Waals surface area contributed by atoms with Crippen LogP contribution >= 0.6 is 11.8 Å². The summed E-state index contributed by atoms with van der Waals surface area (Å²) in [5.41, 5.74) is 2.78. The van der Waals surface area contributed by atoms with Crippen molar-refractivity contribution in [2.75, 3.05) is 17.8 Å². The summed E-state index contributed by atoms with van der Waals surface area (Å²) in [6, 6.07) is 10.5. The maximum absolute atomic E-state index is 13.1. The molecule has 0 bridgehead atoms. The van der Waals surface area contributed by atoms with Crippen molar-refractivity contribution in [3.05, 3.63) is 102 Å². The van der Waals surface area contributed by atoms with Crippen molar-refractivity contribution in [1.29, 1.82) is 0 Å². The van der Waals surface area contributed by atoms with E-state index in [0.29, 0.717) is 28.7 Å². The molecule has 0 radical (unpaired) electrons. The number of alkyl halides is 3. The van der Waals surface area contributed by atoms with Crippen molar-refractivity contribution >= 4 is 29.9 Å². The molecule has 1 aromatic heterocycles. The third kappa shape index (κ3) is 11.4. The van der Waals surface area contributed by atoms with Gasteiger partial charge in [0.2, 0.25) is 6.41 Å². The molecule has 0 aliphatic carbocycles. The predicted molar refractivity (Wildman–Crippen MR) is 178 cm³/mol. The van der Waals surface area contributed by atoms with E-state index < -0.39 is 17.9 Å². The Kier molecular flexibility index (Phi) is 14.0. The second kappa shape index (κ2) is 17.8. The zero-order valence-corrected chi connectivity index (χ0v) is 28.3. The lowest BCUT2D eigenvalue weighted by atomic mass is 9.99. The van der Waals surface area contributed by atoms with Gasteiger partial charge >= 0.3 is 12.4 Å². The van der Waals surface area contributed by atoms with Gasteiger partial charge in [-0.25, -0.2) is 14.5 Å². The Hall–Kier alpha value is -4.92. The van der Waals surface area contributed by atoms with Gasteiger partial charge in [0, 0.05) is 0 Å². The van der Waals surface area contributed by atoms with Crippen LogP contribution in [0.5, 0.6) is 5.75 Å². The molecule has 1 atom stereocenters. The van der Waals surface area contributed by atoms with Crippen LogP contribution in [0.25, 0.3) is 5.69 Å². The topological polar surface area (TPSA) is 120 Å². The number of allylic oxidation sites excluding steroid dienone is 3. The number of ether oxygens (including phenoxy) is 3.